The highest BCUT2D eigenvalue weighted by Crippen LogP contribution is 2.33. The van der Waals surface area contributed by atoms with Crippen LogP contribution in [-0.2, 0) is 4.79 Å². The lowest BCUT2D eigenvalue weighted by atomic mass is 9.81. The molecule has 9 heteroatoms. The molecule has 2 aromatic carbocycles. The predicted octanol–water partition coefficient (Wildman–Crippen LogP) is 4.78. The maximum atomic E-state index is 13.4. The molecular formula is C22H23Cl2FN4O2. The first-order valence-electron chi connectivity index (χ1n) is 10.3. The smallest absolute Gasteiger partial charge is 0.319 e. The second kappa shape index (κ2) is 9.42. The van der Waals surface area contributed by atoms with E-state index in [1.807, 2.05) is 0 Å². The van der Waals surface area contributed by atoms with Gasteiger partial charge in [-0.25, -0.2) is 9.18 Å². The molecule has 3 unspecified atom stereocenters. The molecule has 1 heterocycles. The van der Waals surface area contributed by atoms with Gasteiger partial charge in [-0.3, -0.25) is 15.0 Å². The van der Waals surface area contributed by atoms with E-state index >= 15 is 0 Å². The molecule has 3 N–H and O–H groups in total. The van der Waals surface area contributed by atoms with Gasteiger partial charge in [0.1, 0.15) is 12.0 Å². The number of fused-ring (bicyclic) bond motifs is 1. The number of urea groups is 1. The maximum Gasteiger partial charge on any atom is 0.319 e. The van der Waals surface area contributed by atoms with Crippen LogP contribution in [0.4, 0.5) is 20.6 Å². The van der Waals surface area contributed by atoms with Crippen molar-refractivity contribution < 1.29 is 14.0 Å². The molecule has 6 nitrogen and oxygen atoms in total. The number of amides is 3. The first-order valence-corrected chi connectivity index (χ1v) is 11.0. The standard InChI is InChI=1S/C22H23Cl2FN4O2/c23-17-10-7-14(11-18(17)24)27-22(31)26-12-20-28-19-4-2-1-3-16(19)21(30)29(20)15-8-5-13(25)6-9-15/h5-11,16,19-20,28H,1-4,12H2,(H2,26,27,31). The molecule has 0 spiro atoms. The number of carbonyl (C=O) groups excluding carboxylic acids is 2. The van der Waals surface area contributed by atoms with E-state index in [1.54, 1.807) is 35.2 Å². The molecule has 2 aromatic rings. The highest BCUT2D eigenvalue weighted by molar-refractivity contribution is 6.42. The molecule has 1 saturated carbocycles. The molecule has 3 amide bonds. The molecule has 1 aliphatic carbocycles. The van der Waals surface area contributed by atoms with E-state index in [4.69, 9.17) is 23.2 Å². The molecular weight excluding hydrogens is 442 g/mol. The lowest BCUT2D eigenvalue weighted by molar-refractivity contribution is -0.127. The largest absolute Gasteiger partial charge is 0.334 e. The molecule has 1 aliphatic heterocycles. The van der Waals surface area contributed by atoms with Crippen LogP contribution < -0.4 is 20.9 Å². The quantitative estimate of drug-likeness (QED) is 0.609. The third-order valence-corrected chi connectivity index (χ3v) is 6.52. The Morgan fingerprint density at radius 1 is 1.10 bits per heavy atom. The Balaban J connectivity index is 1.48. The number of nitrogens with one attached hydrogen (secondary N) is 3. The highest BCUT2D eigenvalue weighted by Gasteiger charge is 2.43. The van der Waals surface area contributed by atoms with Gasteiger partial charge in [-0.05, 0) is 55.3 Å². The summed E-state index contributed by atoms with van der Waals surface area (Å²) in [6, 6.07) is 10.3. The van der Waals surface area contributed by atoms with Crippen molar-refractivity contribution in [3.8, 4) is 0 Å². The average molecular weight is 465 g/mol. The third-order valence-electron chi connectivity index (χ3n) is 5.78. The van der Waals surface area contributed by atoms with Crippen molar-refractivity contribution in [2.75, 3.05) is 16.8 Å². The van der Waals surface area contributed by atoms with Gasteiger partial charge < -0.3 is 10.6 Å². The number of nitrogens with zero attached hydrogens (tertiary/aromatic N) is 1. The SMILES string of the molecule is O=C(NCC1NC2CCCCC2C(=O)N1c1ccc(F)cc1)Nc1ccc(Cl)c(Cl)c1. The van der Waals surface area contributed by atoms with E-state index in [0.29, 0.717) is 21.4 Å². The van der Waals surface area contributed by atoms with Crippen molar-refractivity contribution >= 4 is 46.5 Å². The number of benzene rings is 2. The first-order chi connectivity index (χ1) is 14.9. The summed E-state index contributed by atoms with van der Waals surface area (Å²) in [6.45, 7) is 0.180. The van der Waals surface area contributed by atoms with E-state index in [1.165, 1.54) is 12.1 Å². The number of hydrogen-bond acceptors (Lipinski definition) is 3. The number of carbonyl (C=O) groups is 2. The molecule has 0 radical (unpaired) electrons. The van der Waals surface area contributed by atoms with Crippen LogP contribution in [0.25, 0.3) is 0 Å². The summed E-state index contributed by atoms with van der Waals surface area (Å²) in [5, 5.41) is 9.76. The van der Waals surface area contributed by atoms with Crippen LogP contribution in [0.15, 0.2) is 42.5 Å². The van der Waals surface area contributed by atoms with Crippen molar-refractivity contribution in [1.29, 1.82) is 0 Å². The van der Waals surface area contributed by atoms with Crippen LogP contribution in [0.3, 0.4) is 0 Å². The second-order valence-corrected chi connectivity index (χ2v) is 8.64. The van der Waals surface area contributed by atoms with Crippen molar-refractivity contribution in [2.24, 2.45) is 5.92 Å². The van der Waals surface area contributed by atoms with Crippen molar-refractivity contribution in [3.05, 3.63) is 58.3 Å². The van der Waals surface area contributed by atoms with Gasteiger partial charge >= 0.3 is 6.03 Å². The monoisotopic (exact) mass is 464 g/mol. The summed E-state index contributed by atoms with van der Waals surface area (Å²) in [5.41, 5.74) is 1.10. The molecule has 3 atom stereocenters. The summed E-state index contributed by atoms with van der Waals surface area (Å²) in [6.07, 6.45) is 3.37. The Hall–Kier alpha value is -2.35. The van der Waals surface area contributed by atoms with Crippen LogP contribution in [0.1, 0.15) is 25.7 Å². The molecule has 164 valence electrons. The Morgan fingerprint density at radius 2 is 1.84 bits per heavy atom. The van der Waals surface area contributed by atoms with Crippen molar-refractivity contribution in [1.82, 2.24) is 10.6 Å². The van der Waals surface area contributed by atoms with Gasteiger partial charge in [0.15, 0.2) is 0 Å². The normalized spacial score (nSPS) is 23.3. The van der Waals surface area contributed by atoms with E-state index in [-0.39, 0.29) is 30.2 Å². The third kappa shape index (κ3) is 4.95. The zero-order valence-corrected chi connectivity index (χ0v) is 18.2. The number of anilines is 2. The van der Waals surface area contributed by atoms with Crippen LogP contribution in [-0.4, -0.2) is 30.7 Å². The van der Waals surface area contributed by atoms with E-state index in [9.17, 15) is 14.0 Å². The van der Waals surface area contributed by atoms with Gasteiger partial charge in [-0.2, -0.15) is 0 Å². The zero-order chi connectivity index (χ0) is 22.0. The number of halogens is 3. The minimum absolute atomic E-state index is 0.00625. The van der Waals surface area contributed by atoms with Gasteiger partial charge in [-0.15, -0.1) is 0 Å². The lowest BCUT2D eigenvalue weighted by Crippen LogP contribution is -2.66. The summed E-state index contributed by atoms with van der Waals surface area (Å²) in [7, 11) is 0. The van der Waals surface area contributed by atoms with Crippen LogP contribution in [0.5, 0.6) is 0 Å². The van der Waals surface area contributed by atoms with Crippen LogP contribution >= 0.6 is 23.2 Å². The fourth-order valence-electron chi connectivity index (χ4n) is 4.28. The average Bonchev–Trinajstić information content (AvgIpc) is 2.76. The summed E-state index contributed by atoms with van der Waals surface area (Å²) in [4.78, 5) is 27.4. The topological polar surface area (TPSA) is 73.5 Å². The molecule has 2 aliphatic rings. The minimum atomic E-state index is -0.447. The van der Waals surface area contributed by atoms with E-state index in [2.05, 4.69) is 16.0 Å². The summed E-state index contributed by atoms with van der Waals surface area (Å²) < 4.78 is 13.4. The molecule has 0 bridgehead atoms. The Kier molecular flexibility index (Phi) is 6.65. The van der Waals surface area contributed by atoms with Gasteiger partial charge in [-0.1, -0.05) is 36.0 Å². The summed E-state index contributed by atoms with van der Waals surface area (Å²) >= 11 is 11.9. The molecule has 0 aromatic heterocycles. The number of rotatable bonds is 4. The lowest BCUT2D eigenvalue weighted by Gasteiger charge is -2.46. The number of hydrogen-bond donors (Lipinski definition) is 3. The van der Waals surface area contributed by atoms with Gasteiger partial charge in [0.2, 0.25) is 5.91 Å². The molecule has 1 saturated heterocycles. The van der Waals surface area contributed by atoms with Crippen molar-refractivity contribution in [3.63, 3.8) is 0 Å². The van der Waals surface area contributed by atoms with Crippen LogP contribution in [0.2, 0.25) is 10.0 Å². The fourth-order valence-corrected chi connectivity index (χ4v) is 4.58. The Labute approximate surface area is 190 Å². The predicted molar refractivity (Wildman–Crippen MR) is 120 cm³/mol. The van der Waals surface area contributed by atoms with Gasteiger partial charge in [0.05, 0.1) is 22.5 Å². The second-order valence-electron chi connectivity index (χ2n) is 7.83. The molecule has 2 fully saturated rings. The van der Waals surface area contributed by atoms with Crippen molar-refractivity contribution in [2.45, 2.75) is 37.9 Å². The molecule has 4 rings (SSSR count). The first kappa shape index (κ1) is 21.9. The fraction of sp³-hybridized carbons (Fsp3) is 0.364. The Bertz CT molecular complexity index is 972. The maximum absolute atomic E-state index is 13.4. The van der Waals surface area contributed by atoms with Gasteiger partial charge in [0, 0.05) is 17.4 Å². The molecule has 31 heavy (non-hydrogen) atoms. The summed E-state index contributed by atoms with van der Waals surface area (Å²) in [5.74, 6) is -0.473. The Morgan fingerprint density at radius 3 is 2.58 bits per heavy atom. The van der Waals surface area contributed by atoms with E-state index in [0.717, 1.165) is 25.7 Å². The van der Waals surface area contributed by atoms with Gasteiger partial charge in [0.25, 0.3) is 0 Å². The highest BCUT2D eigenvalue weighted by atomic mass is 35.5. The van der Waals surface area contributed by atoms with E-state index < -0.39 is 12.2 Å². The van der Waals surface area contributed by atoms with Crippen LogP contribution in [0, 0.1) is 11.7 Å². The minimum Gasteiger partial charge on any atom is -0.334 e. The zero-order valence-electron chi connectivity index (χ0n) is 16.7.